The van der Waals surface area contributed by atoms with Gasteiger partial charge < -0.3 is 4.90 Å². The van der Waals surface area contributed by atoms with E-state index in [-0.39, 0.29) is 17.1 Å². The van der Waals surface area contributed by atoms with Crippen LogP contribution in [0.15, 0.2) is 0 Å². The molecule has 4 heteroatoms. The lowest BCUT2D eigenvalue weighted by molar-refractivity contribution is -0.132. The average molecular weight is 224 g/mol. The summed E-state index contributed by atoms with van der Waals surface area (Å²) in [5.74, 6) is 1.46. The van der Waals surface area contributed by atoms with E-state index in [1.54, 1.807) is 11.8 Å². The predicted octanol–water partition coefficient (Wildman–Crippen LogP) is 1.64. The summed E-state index contributed by atoms with van der Waals surface area (Å²) < 4.78 is 0. The predicted molar refractivity (Wildman–Crippen MR) is 60.4 cm³/mol. The second-order valence-corrected chi connectivity index (χ2v) is 5.56. The molecule has 0 aromatic rings. The number of nitriles is 1. The van der Waals surface area contributed by atoms with Gasteiger partial charge in [0.25, 0.3) is 0 Å². The topological polar surface area (TPSA) is 44.1 Å². The molecule has 2 saturated heterocycles. The maximum absolute atomic E-state index is 12.1. The van der Waals surface area contributed by atoms with E-state index < -0.39 is 0 Å². The standard InChI is InChI=1S/C11H16N2OS/c12-7-9-3-1-5-13(8-9)11(14)10-4-2-6-15-10/h9-10H,1-6,8H2. The maximum atomic E-state index is 12.1. The molecule has 15 heavy (non-hydrogen) atoms. The molecule has 2 heterocycles. The van der Waals surface area contributed by atoms with Crippen LogP contribution < -0.4 is 0 Å². The molecular formula is C11H16N2OS. The summed E-state index contributed by atoms with van der Waals surface area (Å²) in [6, 6.07) is 2.28. The number of amides is 1. The Morgan fingerprint density at radius 2 is 2.27 bits per heavy atom. The van der Waals surface area contributed by atoms with Crippen molar-refractivity contribution in [3.8, 4) is 6.07 Å². The normalized spacial score (nSPS) is 31.3. The van der Waals surface area contributed by atoms with Crippen LogP contribution in [-0.4, -0.2) is 34.9 Å². The smallest absolute Gasteiger partial charge is 0.235 e. The van der Waals surface area contributed by atoms with Crippen LogP contribution in [0.3, 0.4) is 0 Å². The molecule has 0 N–H and O–H groups in total. The van der Waals surface area contributed by atoms with Crippen molar-refractivity contribution >= 4 is 17.7 Å². The molecule has 2 atom stereocenters. The van der Waals surface area contributed by atoms with Gasteiger partial charge in [0.1, 0.15) is 0 Å². The van der Waals surface area contributed by atoms with Crippen molar-refractivity contribution in [2.45, 2.75) is 30.9 Å². The van der Waals surface area contributed by atoms with Gasteiger partial charge in [-0.05, 0) is 31.4 Å². The highest BCUT2D eigenvalue weighted by Gasteiger charge is 2.30. The van der Waals surface area contributed by atoms with E-state index in [0.717, 1.165) is 38.0 Å². The number of carbonyl (C=O) groups is 1. The zero-order valence-corrected chi connectivity index (χ0v) is 9.63. The van der Waals surface area contributed by atoms with E-state index in [2.05, 4.69) is 6.07 Å². The van der Waals surface area contributed by atoms with Crippen molar-refractivity contribution in [2.24, 2.45) is 5.92 Å². The monoisotopic (exact) mass is 224 g/mol. The Hall–Kier alpha value is -0.690. The summed E-state index contributed by atoms with van der Waals surface area (Å²) in [6.45, 7) is 1.51. The van der Waals surface area contributed by atoms with Gasteiger partial charge in [-0.15, -0.1) is 11.8 Å². The third-order valence-corrected chi connectivity index (χ3v) is 4.48. The van der Waals surface area contributed by atoms with Gasteiger partial charge in [-0.25, -0.2) is 0 Å². The van der Waals surface area contributed by atoms with Gasteiger partial charge in [0.2, 0.25) is 5.91 Å². The van der Waals surface area contributed by atoms with Gasteiger partial charge in [0.05, 0.1) is 17.2 Å². The van der Waals surface area contributed by atoms with Crippen molar-refractivity contribution in [3.05, 3.63) is 0 Å². The largest absolute Gasteiger partial charge is 0.340 e. The van der Waals surface area contributed by atoms with E-state index >= 15 is 0 Å². The Morgan fingerprint density at radius 3 is 2.93 bits per heavy atom. The van der Waals surface area contributed by atoms with Gasteiger partial charge in [0.15, 0.2) is 0 Å². The SMILES string of the molecule is N#CC1CCCN(C(=O)C2CCCS2)C1. The van der Waals surface area contributed by atoms with Gasteiger partial charge >= 0.3 is 0 Å². The average Bonchev–Trinajstić information content (AvgIpc) is 2.81. The number of piperidine rings is 1. The highest BCUT2D eigenvalue weighted by Crippen LogP contribution is 2.29. The molecule has 0 bridgehead atoms. The van der Waals surface area contributed by atoms with E-state index in [9.17, 15) is 4.79 Å². The summed E-state index contributed by atoms with van der Waals surface area (Å²) in [4.78, 5) is 14.0. The van der Waals surface area contributed by atoms with Crippen LogP contribution in [0, 0.1) is 17.2 Å². The highest BCUT2D eigenvalue weighted by molar-refractivity contribution is 8.00. The van der Waals surface area contributed by atoms with E-state index in [1.165, 1.54) is 0 Å². The molecule has 2 unspecified atom stereocenters. The summed E-state index contributed by atoms with van der Waals surface area (Å²) in [5.41, 5.74) is 0. The van der Waals surface area contributed by atoms with Crippen molar-refractivity contribution in [1.82, 2.24) is 4.90 Å². The molecule has 82 valence electrons. The van der Waals surface area contributed by atoms with Crippen molar-refractivity contribution in [3.63, 3.8) is 0 Å². The lowest BCUT2D eigenvalue weighted by atomic mass is 9.99. The third kappa shape index (κ3) is 2.46. The first-order valence-electron chi connectivity index (χ1n) is 5.61. The van der Waals surface area contributed by atoms with Crippen LogP contribution in [0.4, 0.5) is 0 Å². The zero-order valence-electron chi connectivity index (χ0n) is 8.82. The summed E-state index contributed by atoms with van der Waals surface area (Å²) in [6.07, 6.45) is 4.13. The fraction of sp³-hybridized carbons (Fsp3) is 0.818. The number of hydrogen-bond donors (Lipinski definition) is 0. The molecule has 2 aliphatic rings. The first-order chi connectivity index (χ1) is 7.31. The second kappa shape index (κ2) is 4.89. The Labute approximate surface area is 94.8 Å². The molecule has 0 aromatic carbocycles. The molecular weight excluding hydrogens is 208 g/mol. The van der Waals surface area contributed by atoms with Gasteiger partial charge in [-0.3, -0.25) is 4.79 Å². The van der Waals surface area contributed by atoms with E-state index in [0.29, 0.717) is 6.54 Å². The molecule has 0 radical (unpaired) electrons. The van der Waals surface area contributed by atoms with Crippen molar-refractivity contribution in [1.29, 1.82) is 5.26 Å². The number of likely N-dealkylation sites (tertiary alicyclic amines) is 1. The van der Waals surface area contributed by atoms with Gasteiger partial charge in [-0.2, -0.15) is 5.26 Å². The minimum atomic E-state index is 0.0640. The van der Waals surface area contributed by atoms with Crippen LogP contribution in [-0.2, 0) is 4.79 Å². The molecule has 0 saturated carbocycles. The molecule has 0 aromatic heterocycles. The molecule has 0 spiro atoms. The Morgan fingerprint density at radius 1 is 1.40 bits per heavy atom. The van der Waals surface area contributed by atoms with Crippen LogP contribution in [0.5, 0.6) is 0 Å². The first-order valence-corrected chi connectivity index (χ1v) is 6.66. The van der Waals surface area contributed by atoms with E-state index in [4.69, 9.17) is 5.26 Å². The minimum absolute atomic E-state index is 0.0640. The summed E-state index contributed by atoms with van der Waals surface area (Å²) >= 11 is 1.78. The van der Waals surface area contributed by atoms with Gasteiger partial charge in [-0.1, -0.05) is 0 Å². The van der Waals surface area contributed by atoms with Crippen molar-refractivity contribution in [2.75, 3.05) is 18.8 Å². The fourth-order valence-electron chi connectivity index (χ4n) is 2.26. The lowest BCUT2D eigenvalue weighted by Gasteiger charge is -2.31. The quantitative estimate of drug-likeness (QED) is 0.680. The summed E-state index contributed by atoms with van der Waals surface area (Å²) in [5, 5.41) is 9.05. The Bertz CT molecular complexity index is 281. The van der Waals surface area contributed by atoms with Crippen LogP contribution in [0.1, 0.15) is 25.7 Å². The molecule has 2 fully saturated rings. The third-order valence-electron chi connectivity index (χ3n) is 3.12. The summed E-state index contributed by atoms with van der Waals surface area (Å²) in [7, 11) is 0. The minimum Gasteiger partial charge on any atom is -0.340 e. The fourth-order valence-corrected chi connectivity index (χ4v) is 3.50. The number of carbonyl (C=O) groups excluding carboxylic acids is 1. The molecule has 2 rings (SSSR count). The number of hydrogen-bond acceptors (Lipinski definition) is 3. The van der Waals surface area contributed by atoms with Crippen LogP contribution >= 0.6 is 11.8 Å². The Kier molecular flexibility index (Phi) is 3.53. The molecule has 0 aliphatic carbocycles. The second-order valence-electron chi connectivity index (χ2n) is 4.25. The highest BCUT2D eigenvalue weighted by atomic mass is 32.2. The van der Waals surface area contributed by atoms with Crippen molar-refractivity contribution < 1.29 is 4.79 Å². The van der Waals surface area contributed by atoms with Crippen LogP contribution in [0.25, 0.3) is 0 Å². The molecule has 1 amide bonds. The molecule has 2 aliphatic heterocycles. The maximum Gasteiger partial charge on any atom is 0.235 e. The number of rotatable bonds is 1. The Balaban J connectivity index is 1.92. The van der Waals surface area contributed by atoms with E-state index in [1.807, 2.05) is 4.90 Å². The number of nitrogens with zero attached hydrogens (tertiary/aromatic N) is 2. The van der Waals surface area contributed by atoms with Crippen LogP contribution in [0.2, 0.25) is 0 Å². The number of thioether (sulfide) groups is 1. The zero-order chi connectivity index (χ0) is 10.7. The molecule has 3 nitrogen and oxygen atoms in total. The lowest BCUT2D eigenvalue weighted by Crippen LogP contribution is -2.43. The van der Waals surface area contributed by atoms with Gasteiger partial charge in [0, 0.05) is 13.1 Å². The first kappa shape index (κ1) is 10.8.